The average molecular weight is 334 g/mol. The smallest absolute Gasteiger partial charge is 0.330 e. The predicted octanol–water partition coefficient (Wildman–Crippen LogP) is 3.74. The van der Waals surface area contributed by atoms with Gasteiger partial charge < -0.3 is 14.1 Å². The molecule has 3 rings (SSSR count). The van der Waals surface area contributed by atoms with Crippen molar-refractivity contribution in [3.05, 3.63) is 46.2 Å². The van der Waals surface area contributed by atoms with Gasteiger partial charge in [0.2, 0.25) is 0 Å². The Kier molecular flexibility index (Phi) is 4.74. The van der Waals surface area contributed by atoms with E-state index >= 15 is 0 Å². The molecule has 122 valence electrons. The number of benzene rings is 1. The van der Waals surface area contributed by atoms with E-state index in [-0.39, 0.29) is 5.97 Å². The fraction of sp³-hybridized carbons (Fsp3) is 0.389. The van der Waals surface area contributed by atoms with Gasteiger partial charge in [0.15, 0.2) is 0 Å². The maximum absolute atomic E-state index is 11.4. The maximum atomic E-state index is 11.4. The first kappa shape index (κ1) is 16.1. The summed E-state index contributed by atoms with van der Waals surface area (Å²) >= 11 is 6.38. The van der Waals surface area contributed by atoms with E-state index in [9.17, 15) is 4.79 Å². The van der Waals surface area contributed by atoms with Crippen molar-refractivity contribution in [3.8, 4) is 0 Å². The molecule has 2 aromatic rings. The second-order valence-electron chi connectivity index (χ2n) is 5.75. The summed E-state index contributed by atoms with van der Waals surface area (Å²) in [5.74, 6) is 0.563. The number of likely N-dealkylation sites (N-methyl/N-ethyl adjacent to an activating group) is 1. The number of esters is 1. The van der Waals surface area contributed by atoms with Gasteiger partial charge in [-0.3, -0.25) is 0 Å². The van der Waals surface area contributed by atoms with Crippen LogP contribution in [0.25, 0.3) is 11.0 Å². The van der Waals surface area contributed by atoms with Crippen LogP contribution in [0.1, 0.15) is 23.8 Å². The average Bonchev–Trinajstić information content (AvgIpc) is 2.73. The molecule has 23 heavy (non-hydrogen) atoms. The van der Waals surface area contributed by atoms with E-state index in [4.69, 9.17) is 20.8 Å². The lowest BCUT2D eigenvalue weighted by Gasteiger charge is -2.13. The van der Waals surface area contributed by atoms with Gasteiger partial charge in [0.05, 0.1) is 6.61 Å². The fourth-order valence-corrected chi connectivity index (χ4v) is 3.28. The van der Waals surface area contributed by atoms with E-state index in [0.717, 1.165) is 46.8 Å². The molecule has 1 aliphatic heterocycles. The first-order valence-corrected chi connectivity index (χ1v) is 8.21. The van der Waals surface area contributed by atoms with Crippen molar-refractivity contribution in [2.24, 2.45) is 0 Å². The number of ether oxygens (including phenoxy) is 1. The third-order valence-electron chi connectivity index (χ3n) is 4.10. The standard InChI is InChI=1S/C18H20ClNO3/c1-3-22-17(21)6-4-5-15-13-11-20(2)10-9-12-14(19)7-8-16(23-15)18(12)13/h4,6-8H,3,5,9-11H2,1-2H3. The number of halogens is 1. The molecule has 0 aliphatic carbocycles. The third-order valence-corrected chi connectivity index (χ3v) is 4.46. The molecule has 0 radical (unpaired) electrons. The molecule has 1 aromatic carbocycles. The Balaban J connectivity index is 1.96. The van der Waals surface area contributed by atoms with E-state index in [1.54, 1.807) is 13.0 Å². The van der Waals surface area contributed by atoms with Crippen LogP contribution >= 0.6 is 11.6 Å². The Morgan fingerprint density at radius 3 is 3.04 bits per heavy atom. The minimum absolute atomic E-state index is 0.324. The van der Waals surface area contributed by atoms with Crippen LogP contribution in [0.2, 0.25) is 5.02 Å². The zero-order chi connectivity index (χ0) is 16.4. The summed E-state index contributed by atoms with van der Waals surface area (Å²) in [6.45, 7) is 3.96. The van der Waals surface area contributed by atoms with Crippen LogP contribution in [0.15, 0.2) is 28.7 Å². The lowest BCUT2D eigenvalue weighted by atomic mass is 10.0. The van der Waals surface area contributed by atoms with Crippen LogP contribution in [0, 0.1) is 0 Å². The van der Waals surface area contributed by atoms with E-state index < -0.39 is 0 Å². The van der Waals surface area contributed by atoms with Gasteiger partial charge in [0.25, 0.3) is 0 Å². The summed E-state index contributed by atoms with van der Waals surface area (Å²) in [7, 11) is 2.09. The van der Waals surface area contributed by atoms with Crippen LogP contribution in [-0.4, -0.2) is 31.1 Å². The number of hydrogen-bond donors (Lipinski definition) is 0. The van der Waals surface area contributed by atoms with E-state index in [0.29, 0.717) is 13.0 Å². The molecule has 0 saturated carbocycles. The Bertz CT molecular complexity index is 763. The fourth-order valence-electron chi connectivity index (χ4n) is 3.03. The zero-order valence-corrected chi connectivity index (χ0v) is 14.2. The van der Waals surface area contributed by atoms with Gasteiger partial charge in [-0.25, -0.2) is 4.79 Å². The highest BCUT2D eigenvalue weighted by Gasteiger charge is 2.22. The highest BCUT2D eigenvalue weighted by atomic mass is 35.5. The first-order valence-electron chi connectivity index (χ1n) is 7.83. The molecule has 1 aliphatic rings. The summed E-state index contributed by atoms with van der Waals surface area (Å²) in [5.41, 5.74) is 3.20. The largest absolute Gasteiger partial charge is 0.463 e. The Hall–Kier alpha value is -1.78. The molecule has 0 amide bonds. The van der Waals surface area contributed by atoms with Gasteiger partial charge in [0, 0.05) is 41.6 Å². The summed E-state index contributed by atoms with van der Waals surface area (Å²) in [6, 6.07) is 3.82. The minimum Gasteiger partial charge on any atom is -0.463 e. The molecule has 5 heteroatoms. The number of carbonyl (C=O) groups is 1. The second kappa shape index (κ2) is 6.77. The lowest BCUT2D eigenvalue weighted by Crippen LogP contribution is -2.19. The Morgan fingerprint density at radius 1 is 1.43 bits per heavy atom. The van der Waals surface area contributed by atoms with Crippen molar-refractivity contribution in [1.29, 1.82) is 0 Å². The van der Waals surface area contributed by atoms with Crippen molar-refractivity contribution >= 4 is 28.5 Å². The van der Waals surface area contributed by atoms with Gasteiger partial charge in [0.1, 0.15) is 11.3 Å². The predicted molar refractivity (Wildman–Crippen MR) is 90.7 cm³/mol. The molecule has 0 fully saturated rings. The highest BCUT2D eigenvalue weighted by molar-refractivity contribution is 6.32. The van der Waals surface area contributed by atoms with Crippen molar-refractivity contribution in [2.45, 2.75) is 26.3 Å². The molecule has 0 saturated heterocycles. The molecule has 0 atom stereocenters. The first-order chi connectivity index (χ1) is 11.1. The highest BCUT2D eigenvalue weighted by Crippen LogP contribution is 2.36. The monoisotopic (exact) mass is 333 g/mol. The van der Waals surface area contributed by atoms with Crippen molar-refractivity contribution in [2.75, 3.05) is 20.2 Å². The van der Waals surface area contributed by atoms with Gasteiger partial charge in [-0.15, -0.1) is 0 Å². The van der Waals surface area contributed by atoms with Gasteiger partial charge in [-0.1, -0.05) is 17.7 Å². The van der Waals surface area contributed by atoms with E-state index in [1.165, 1.54) is 11.6 Å². The van der Waals surface area contributed by atoms with Gasteiger partial charge >= 0.3 is 5.97 Å². The summed E-state index contributed by atoms with van der Waals surface area (Å²) in [4.78, 5) is 13.7. The Labute approximate surface area is 140 Å². The number of nitrogens with zero attached hydrogens (tertiary/aromatic N) is 1. The molecule has 4 nitrogen and oxygen atoms in total. The van der Waals surface area contributed by atoms with Gasteiger partial charge in [-0.05, 0) is 38.1 Å². The molecular formula is C18H20ClNO3. The normalized spacial score (nSPS) is 15.3. The van der Waals surface area contributed by atoms with Crippen molar-refractivity contribution < 1.29 is 13.9 Å². The van der Waals surface area contributed by atoms with Crippen LogP contribution in [0.4, 0.5) is 0 Å². The lowest BCUT2D eigenvalue weighted by molar-refractivity contribution is -0.137. The minimum atomic E-state index is -0.324. The molecule has 0 spiro atoms. The van der Waals surface area contributed by atoms with Crippen molar-refractivity contribution in [1.82, 2.24) is 4.90 Å². The van der Waals surface area contributed by atoms with E-state index in [2.05, 4.69) is 11.9 Å². The maximum Gasteiger partial charge on any atom is 0.330 e. The van der Waals surface area contributed by atoms with Crippen LogP contribution in [0.5, 0.6) is 0 Å². The summed E-state index contributed by atoms with van der Waals surface area (Å²) in [5, 5.41) is 1.94. The van der Waals surface area contributed by atoms with E-state index in [1.807, 2.05) is 12.1 Å². The number of rotatable bonds is 4. The third kappa shape index (κ3) is 3.28. The van der Waals surface area contributed by atoms with Crippen LogP contribution in [-0.2, 0) is 28.9 Å². The Morgan fingerprint density at radius 2 is 2.26 bits per heavy atom. The number of allylic oxidation sites excluding steroid dienone is 1. The zero-order valence-electron chi connectivity index (χ0n) is 13.4. The van der Waals surface area contributed by atoms with Gasteiger partial charge in [-0.2, -0.15) is 0 Å². The van der Waals surface area contributed by atoms with Crippen molar-refractivity contribution in [3.63, 3.8) is 0 Å². The summed E-state index contributed by atoms with van der Waals surface area (Å²) in [6.07, 6.45) is 4.72. The number of carbonyl (C=O) groups excluding carboxylic acids is 1. The van der Waals surface area contributed by atoms with Crippen LogP contribution in [0.3, 0.4) is 0 Å². The number of furan rings is 1. The molecule has 2 heterocycles. The molecule has 0 bridgehead atoms. The SMILES string of the molecule is CCOC(=O)C=CCc1oc2ccc(Cl)c3c2c1CN(C)CC3. The molecule has 0 N–H and O–H groups in total. The molecule has 0 unspecified atom stereocenters. The summed E-state index contributed by atoms with van der Waals surface area (Å²) < 4.78 is 10.9. The molecular weight excluding hydrogens is 314 g/mol. The second-order valence-corrected chi connectivity index (χ2v) is 6.16. The number of hydrogen-bond acceptors (Lipinski definition) is 4. The van der Waals surface area contributed by atoms with Crippen LogP contribution < -0.4 is 0 Å². The molecule has 1 aromatic heterocycles. The topological polar surface area (TPSA) is 42.7 Å². The quantitative estimate of drug-likeness (QED) is 0.631.